The largest absolute Gasteiger partial charge is 0.329 e. The maximum atomic E-state index is 6.01. The second-order valence-electron chi connectivity index (χ2n) is 6.87. The van der Waals surface area contributed by atoms with E-state index in [1.54, 1.807) is 0 Å². The average Bonchev–Trinajstić information content (AvgIpc) is 2.60. The second kappa shape index (κ2) is 6.19. The van der Waals surface area contributed by atoms with Gasteiger partial charge in [-0.15, -0.1) is 0 Å². The molecule has 0 aromatic rings. The SMILES string of the molecule is CC1CCC(CN)(NCC(C(C)C)C(C)C)C1. The monoisotopic (exact) mass is 240 g/mol. The van der Waals surface area contributed by atoms with Crippen LogP contribution in [0.1, 0.15) is 53.9 Å². The maximum Gasteiger partial charge on any atom is 0.0306 e. The smallest absolute Gasteiger partial charge is 0.0306 e. The van der Waals surface area contributed by atoms with E-state index < -0.39 is 0 Å². The summed E-state index contributed by atoms with van der Waals surface area (Å²) >= 11 is 0. The average molecular weight is 240 g/mol. The molecule has 0 radical (unpaired) electrons. The van der Waals surface area contributed by atoms with Gasteiger partial charge >= 0.3 is 0 Å². The Labute approximate surface area is 108 Å². The van der Waals surface area contributed by atoms with Gasteiger partial charge in [0.15, 0.2) is 0 Å². The van der Waals surface area contributed by atoms with Crippen molar-refractivity contribution in [2.24, 2.45) is 29.4 Å². The lowest BCUT2D eigenvalue weighted by Gasteiger charge is -2.34. The van der Waals surface area contributed by atoms with Crippen LogP contribution in [-0.4, -0.2) is 18.6 Å². The Morgan fingerprint density at radius 2 is 1.82 bits per heavy atom. The molecule has 2 atom stereocenters. The molecule has 0 bridgehead atoms. The molecule has 2 unspecified atom stereocenters. The number of nitrogens with two attached hydrogens (primary N) is 1. The maximum absolute atomic E-state index is 6.01. The lowest BCUT2D eigenvalue weighted by molar-refractivity contribution is 0.230. The van der Waals surface area contributed by atoms with Crippen molar-refractivity contribution in [2.45, 2.75) is 59.4 Å². The van der Waals surface area contributed by atoms with Gasteiger partial charge in [-0.2, -0.15) is 0 Å². The molecule has 1 rings (SSSR count). The van der Waals surface area contributed by atoms with E-state index >= 15 is 0 Å². The summed E-state index contributed by atoms with van der Waals surface area (Å²) in [4.78, 5) is 0. The predicted octanol–water partition coefficient (Wildman–Crippen LogP) is 3.02. The Morgan fingerprint density at radius 3 is 2.18 bits per heavy atom. The predicted molar refractivity (Wildman–Crippen MR) is 76.0 cm³/mol. The molecule has 0 heterocycles. The molecule has 1 saturated carbocycles. The molecule has 2 nitrogen and oxygen atoms in total. The lowest BCUT2D eigenvalue weighted by atomic mass is 9.84. The Kier molecular flexibility index (Phi) is 5.46. The molecule has 17 heavy (non-hydrogen) atoms. The van der Waals surface area contributed by atoms with Crippen molar-refractivity contribution in [1.29, 1.82) is 0 Å². The van der Waals surface area contributed by atoms with Crippen LogP contribution in [0.3, 0.4) is 0 Å². The number of hydrogen-bond acceptors (Lipinski definition) is 2. The van der Waals surface area contributed by atoms with Gasteiger partial charge in [-0.25, -0.2) is 0 Å². The van der Waals surface area contributed by atoms with E-state index in [2.05, 4.69) is 39.9 Å². The van der Waals surface area contributed by atoms with E-state index in [1.165, 1.54) is 19.3 Å². The van der Waals surface area contributed by atoms with E-state index in [9.17, 15) is 0 Å². The van der Waals surface area contributed by atoms with Crippen LogP contribution in [0, 0.1) is 23.7 Å². The zero-order chi connectivity index (χ0) is 13.1. The molecule has 0 aromatic carbocycles. The van der Waals surface area contributed by atoms with Gasteiger partial charge < -0.3 is 11.1 Å². The summed E-state index contributed by atoms with van der Waals surface area (Å²) in [6.07, 6.45) is 3.85. The zero-order valence-corrected chi connectivity index (χ0v) is 12.4. The van der Waals surface area contributed by atoms with Crippen LogP contribution in [-0.2, 0) is 0 Å². The summed E-state index contributed by atoms with van der Waals surface area (Å²) < 4.78 is 0. The fourth-order valence-corrected chi connectivity index (χ4v) is 3.39. The third kappa shape index (κ3) is 3.96. The van der Waals surface area contributed by atoms with E-state index in [1.807, 2.05) is 0 Å². The first-order valence-corrected chi connectivity index (χ1v) is 7.35. The van der Waals surface area contributed by atoms with E-state index in [0.717, 1.165) is 36.8 Å². The second-order valence-corrected chi connectivity index (χ2v) is 6.87. The molecule has 1 fully saturated rings. The lowest BCUT2D eigenvalue weighted by Crippen LogP contribution is -2.51. The topological polar surface area (TPSA) is 38.0 Å². The molecular weight excluding hydrogens is 208 g/mol. The van der Waals surface area contributed by atoms with E-state index in [0.29, 0.717) is 0 Å². The Morgan fingerprint density at radius 1 is 1.24 bits per heavy atom. The van der Waals surface area contributed by atoms with E-state index in [-0.39, 0.29) is 5.54 Å². The van der Waals surface area contributed by atoms with Crippen LogP contribution in [0.2, 0.25) is 0 Å². The Hall–Kier alpha value is -0.0800. The number of hydrogen-bond donors (Lipinski definition) is 2. The van der Waals surface area contributed by atoms with Crippen molar-refractivity contribution in [3.63, 3.8) is 0 Å². The highest BCUT2D eigenvalue weighted by molar-refractivity contribution is 4.96. The summed E-state index contributed by atoms with van der Waals surface area (Å²) in [6.45, 7) is 13.6. The molecule has 3 N–H and O–H groups in total. The van der Waals surface area contributed by atoms with Crippen LogP contribution >= 0.6 is 0 Å². The molecule has 0 spiro atoms. The molecule has 2 heteroatoms. The summed E-state index contributed by atoms with van der Waals surface area (Å²) in [7, 11) is 0. The summed E-state index contributed by atoms with van der Waals surface area (Å²) in [5, 5.41) is 3.81. The molecule has 1 aliphatic rings. The highest BCUT2D eigenvalue weighted by atomic mass is 15.0. The molecule has 0 amide bonds. The van der Waals surface area contributed by atoms with Crippen molar-refractivity contribution in [3.05, 3.63) is 0 Å². The third-order valence-corrected chi connectivity index (χ3v) is 4.67. The molecule has 0 saturated heterocycles. The van der Waals surface area contributed by atoms with Crippen LogP contribution in [0.15, 0.2) is 0 Å². The van der Waals surface area contributed by atoms with Gasteiger partial charge in [-0.3, -0.25) is 0 Å². The minimum Gasteiger partial charge on any atom is -0.329 e. The Bertz CT molecular complexity index is 217. The van der Waals surface area contributed by atoms with Crippen molar-refractivity contribution in [1.82, 2.24) is 5.32 Å². The molecule has 0 aliphatic heterocycles. The normalized spacial score (nSPS) is 29.8. The molecule has 102 valence electrons. The molecule has 0 aromatic heterocycles. The molecule has 1 aliphatic carbocycles. The van der Waals surface area contributed by atoms with Gasteiger partial charge in [0.05, 0.1) is 0 Å². The van der Waals surface area contributed by atoms with Gasteiger partial charge in [-0.1, -0.05) is 34.6 Å². The van der Waals surface area contributed by atoms with Crippen LogP contribution in [0.5, 0.6) is 0 Å². The first-order valence-electron chi connectivity index (χ1n) is 7.35. The zero-order valence-electron chi connectivity index (χ0n) is 12.4. The third-order valence-electron chi connectivity index (χ3n) is 4.67. The van der Waals surface area contributed by atoms with Crippen LogP contribution in [0.25, 0.3) is 0 Å². The van der Waals surface area contributed by atoms with Crippen LogP contribution < -0.4 is 11.1 Å². The van der Waals surface area contributed by atoms with Crippen molar-refractivity contribution in [2.75, 3.05) is 13.1 Å². The molecular formula is C15H32N2. The van der Waals surface area contributed by atoms with Gasteiger partial charge in [0.25, 0.3) is 0 Å². The van der Waals surface area contributed by atoms with Gasteiger partial charge in [0.1, 0.15) is 0 Å². The summed E-state index contributed by atoms with van der Waals surface area (Å²) in [6, 6.07) is 0. The highest BCUT2D eigenvalue weighted by Crippen LogP contribution is 2.34. The number of nitrogens with one attached hydrogen (secondary N) is 1. The summed E-state index contributed by atoms with van der Waals surface area (Å²) in [5.74, 6) is 3.09. The van der Waals surface area contributed by atoms with Crippen molar-refractivity contribution in [3.8, 4) is 0 Å². The quantitative estimate of drug-likeness (QED) is 0.749. The first kappa shape index (κ1) is 15.0. The summed E-state index contributed by atoms with van der Waals surface area (Å²) in [5.41, 5.74) is 6.24. The van der Waals surface area contributed by atoms with Gasteiger partial charge in [0, 0.05) is 12.1 Å². The number of rotatable bonds is 6. The fraction of sp³-hybridized carbons (Fsp3) is 1.00. The standard InChI is InChI=1S/C15H32N2/c1-11(2)14(12(3)4)9-17-15(10-16)7-6-13(5)8-15/h11-14,17H,6-10,16H2,1-5H3. The van der Waals surface area contributed by atoms with Crippen LogP contribution in [0.4, 0.5) is 0 Å². The first-order chi connectivity index (χ1) is 7.90. The fourth-order valence-electron chi connectivity index (χ4n) is 3.39. The van der Waals surface area contributed by atoms with Gasteiger partial charge in [-0.05, 0) is 49.5 Å². The van der Waals surface area contributed by atoms with Crippen molar-refractivity contribution >= 4 is 0 Å². The van der Waals surface area contributed by atoms with Crippen molar-refractivity contribution < 1.29 is 0 Å². The minimum absolute atomic E-state index is 0.238. The van der Waals surface area contributed by atoms with E-state index in [4.69, 9.17) is 5.73 Å². The highest BCUT2D eigenvalue weighted by Gasteiger charge is 2.36. The Balaban J connectivity index is 2.52. The van der Waals surface area contributed by atoms with Gasteiger partial charge in [0.2, 0.25) is 0 Å². The minimum atomic E-state index is 0.238.